The summed E-state index contributed by atoms with van der Waals surface area (Å²) in [7, 11) is 0. The second-order valence-corrected chi connectivity index (χ2v) is 6.08. The number of rotatable bonds is 6. The van der Waals surface area contributed by atoms with Crippen molar-refractivity contribution in [2.24, 2.45) is 5.92 Å². The van der Waals surface area contributed by atoms with Crippen LogP contribution in [0.15, 0.2) is 12.1 Å². The van der Waals surface area contributed by atoms with Crippen molar-refractivity contribution in [3.63, 3.8) is 0 Å². The molecule has 1 rings (SSSR count). The van der Waals surface area contributed by atoms with Crippen LogP contribution in [0, 0.1) is 12.8 Å². The summed E-state index contributed by atoms with van der Waals surface area (Å²) in [6.45, 7) is 12.2. The fourth-order valence-electron chi connectivity index (χ4n) is 2.57. The number of nitrogen functional groups attached to an aromatic ring is 1. The molecule has 1 aromatic carbocycles. The van der Waals surface area contributed by atoms with Crippen LogP contribution in [0.2, 0.25) is 5.02 Å². The van der Waals surface area contributed by atoms with E-state index in [4.69, 9.17) is 17.3 Å². The normalized spacial score (nSPS) is 11.4. The standard InChI is InChI=1S/C16H27ClN2/c1-6-13(7-2)19(10-11(3)4)16-9-14(17)15(18)8-12(16)5/h8-9,11,13H,6-7,10,18H2,1-5H3. The van der Waals surface area contributed by atoms with Crippen LogP contribution < -0.4 is 10.6 Å². The molecule has 0 unspecified atom stereocenters. The van der Waals surface area contributed by atoms with Gasteiger partial charge in [0.2, 0.25) is 0 Å². The van der Waals surface area contributed by atoms with E-state index in [-0.39, 0.29) is 0 Å². The number of nitrogens with zero attached hydrogens (tertiary/aromatic N) is 1. The van der Waals surface area contributed by atoms with Gasteiger partial charge in [-0.05, 0) is 43.4 Å². The topological polar surface area (TPSA) is 29.3 Å². The summed E-state index contributed by atoms with van der Waals surface area (Å²) in [4.78, 5) is 2.49. The lowest BCUT2D eigenvalue weighted by Gasteiger charge is -2.35. The van der Waals surface area contributed by atoms with Gasteiger partial charge in [0.05, 0.1) is 10.7 Å². The van der Waals surface area contributed by atoms with Gasteiger partial charge in [-0.3, -0.25) is 0 Å². The maximum atomic E-state index is 6.21. The molecule has 0 radical (unpaired) electrons. The van der Waals surface area contributed by atoms with Gasteiger partial charge in [0.15, 0.2) is 0 Å². The van der Waals surface area contributed by atoms with E-state index >= 15 is 0 Å². The lowest BCUT2D eigenvalue weighted by molar-refractivity contribution is 0.507. The SMILES string of the molecule is CCC(CC)N(CC(C)C)c1cc(Cl)c(N)cc1C. The van der Waals surface area contributed by atoms with Gasteiger partial charge in [0, 0.05) is 18.3 Å². The minimum Gasteiger partial charge on any atom is -0.398 e. The number of halogens is 1. The number of hydrogen-bond acceptors (Lipinski definition) is 2. The van der Waals surface area contributed by atoms with Gasteiger partial charge in [0.1, 0.15) is 0 Å². The maximum Gasteiger partial charge on any atom is 0.0656 e. The molecule has 0 fully saturated rings. The quantitative estimate of drug-likeness (QED) is 0.753. The van der Waals surface area contributed by atoms with E-state index in [0.717, 1.165) is 19.4 Å². The molecule has 0 amide bonds. The molecule has 0 aliphatic carbocycles. The van der Waals surface area contributed by atoms with Crippen LogP contribution in [0.4, 0.5) is 11.4 Å². The minimum atomic E-state index is 0.556. The number of anilines is 2. The largest absolute Gasteiger partial charge is 0.398 e. The van der Waals surface area contributed by atoms with Gasteiger partial charge in [-0.25, -0.2) is 0 Å². The van der Waals surface area contributed by atoms with Crippen LogP contribution in [0.3, 0.4) is 0 Å². The van der Waals surface area contributed by atoms with Crippen molar-refractivity contribution in [2.45, 2.75) is 53.5 Å². The Balaban J connectivity index is 3.20. The molecule has 19 heavy (non-hydrogen) atoms. The Morgan fingerprint density at radius 1 is 1.21 bits per heavy atom. The van der Waals surface area contributed by atoms with Crippen molar-refractivity contribution >= 4 is 23.0 Å². The highest BCUT2D eigenvalue weighted by atomic mass is 35.5. The molecule has 1 aromatic rings. The zero-order valence-corrected chi connectivity index (χ0v) is 13.6. The Bertz CT molecular complexity index is 411. The van der Waals surface area contributed by atoms with E-state index < -0.39 is 0 Å². The fraction of sp³-hybridized carbons (Fsp3) is 0.625. The summed E-state index contributed by atoms with van der Waals surface area (Å²) >= 11 is 6.21. The van der Waals surface area contributed by atoms with Gasteiger partial charge in [-0.1, -0.05) is 39.3 Å². The highest BCUT2D eigenvalue weighted by molar-refractivity contribution is 6.33. The highest BCUT2D eigenvalue weighted by Crippen LogP contribution is 2.32. The van der Waals surface area contributed by atoms with E-state index in [1.54, 1.807) is 0 Å². The molecule has 0 aliphatic rings. The number of aryl methyl sites for hydroxylation is 1. The van der Waals surface area contributed by atoms with Gasteiger partial charge in [0.25, 0.3) is 0 Å². The van der Waals surface area contributed by atoms with Crippen molar-refractivity contribution in [3.8, 4) is 0 Å². The molecule has 0 atom stereocenters. The first-order chi connectivity index (χ1) is 8.90. The van der Waals surface area contributed by atoms with Crippen LogP contribution in [0.25, 0.3) is 0 Å². The third-order valence-corrected chi connectivity index (χ3v) is 3.90. The molecule has 0 aromatic heterocycles. The Morgan fingerprint density at radius 2 is 1.79 bits per heavy atom. The van der Waals surface area contributed by atoms with Gasteiger partial charge in [-0.15, -0.1) is 0 Å². The van der Waals surface area contributed by atoms with E-state index in [1.165, 1.54) is 11.3 Å². The smallest absolute Gasteiger partial charge is 0.0656 e. The molecule has 108 valence electrons. The molecule has 3 heteroatoms. The Morgan fingerprint density at radius 3 is 2.26 bits per heavy atom. The number of benzene rings is 1. The first-order valence-corrected chi connectivity index (χ1v) is 7.60. The van der Waals surface area contributed by atoms with Crippen molar-refractivity contribution in [1.82, 2.24) is 0 Å². The summed E-state index contributed by atoms with van der Waals surface area (Å²) in [6.07, 6.45) is 2.29. The Labute approximate surface area is 122 Å². The van der Waals surface area contributed by atoms with E-state index in [2.05, 4.69) is 39.5 Å². The van der Waals surface area contributed by atoms with Crippen LogP contribution >= 0.6 is 11.6 Å². The second-order valence-electron chi connectivity index (χ2n) is 5.68. The lowest BCUT2D eigenvalue weighted by Crippen LogP contribution is -2.37. The molecule has 0 saturated heterocycles. The molecule has 0 heterocycles. The summed E-state index contributed by atoms with van der Waals surface area (Å²) < 4.78 is 0. The monoisotopic (exact) mass is 282 g/mol. The van der Waals surface area contributed by atoms with Gasteiger partial charge in [-0.2, -0.15) is 0 Å². The van der Waals surface area contributed by atoms with E-state index in [1.807, 2.05) is 12.1 Å². The summed E-state index contributed by atoms with van der Waals surface area (Å²) in [5.41, 5.74) is 8.97. The number of nitrogens with two attached hydrogens (primary N) is 1. The van der Waals surface area contributed by atoms with Gasteiger partial charge >= 0.3 is 0 Å². The predicted octanol–water partition coefficient (Wildman–Crippen LogP) is 4.88. The maximum absolute atomic E-state index is 6.21. The summed E-state index contributed by atoms with van der Waals surface area (Å²) in [5.74, 6) is 0.622. The zero-order chi connectivity index (χ0) is 14.6. The molecule has 0 aliphatic heterocycles. The molecule has 0 bridgehead atoms. The first-order valence-electron chi connectivity index (χ1n) is 7.22. The van der Waals surface area contributed by atoms with Gasteiger partial charge < -0.3 is 10.6 Å². The van der Waals surface area contributed by atoms with Crippen LogP contribution in [0.1, 0.15) is 46.1 Å². The third kappa shape index (κ3) is 4.04. The molecular weight excluding hydrogens is 256 g/mol. The molecule has 2 N–H and O–H groups in total. The van der Waals surface area contributed by atoms with Crippen molar-refractivity contribution in [2.75, 3.05) is 17.2 Å². The van der Waals surface area contributed by atoms with E-state index in [0.29, 0.717) is 22.7 Å². The van der Waals surface area contributed by atoms with Crippen LogP contribution in [-0.4, -0.2) is 12.6 Å². The van der Waals surface area contributed by atoms with E-state index in [9.17, 15) is 0 Å². The zero-order valence-electron chi connectivity index (χ0n) is 12.8. The third-order valence-electron chi connectivity index (χ3n) is 3.57. The average molecular weight is 283 g/mol. The van der Waals surface area contributed by atoms with Crippen LogP contribution in [0.5, 0.6) is 0 Å². The van der Waals surface area contributed by atoms with Crippen molar-refractivity contribution in [1.29, 1.82) is 0 Å². The number of hydrogen-bond donors (Lipinski definition) is 1. The summed E-state index contributed by atoms with van der Waals surface area (Å²) in [5, 5.41) is 0.653. The Hall–Kier alpha value is -0.890. The van der Waals surface area contributed by atoms with Crippen molar-refractivity contribution in [3.05, 3.63) is 22.7 Å². The van der Waals surface area contributed by atoms with Crippen LogP contribution in [-0.2, 0) is 0 Å². The highest BCUT2D eigenvalue weighted by Gasteiger charge is 2.19. The molecular formula is C16H27ClN2. The minimum absolute atomic E-state index is 0.556. The van der Waals surface area contributed by atoms with Crippen molar-refractivity contribution < 1.29 is 0 Å². The fourth-order valence-corrected chi connectivity index (χ4v) is 2.73. The Kier molecular flexibility index (Phi) is 5.99. The lowest BCUT2D eigenvalue weighted by atomic mass is 10.0. The average Bonchev–Trinajstić information content (AvgIpc) is 2.33. The summed E-state index contributed by atoms with van der Waals surface area (Å²) in [6, 6.07) is 4.56. The first kappa shape index (κ1) is 16.2. The molecule has 0 spiro atoms. The predicted molar refractivity (Wildman–Crippen MR) is 87.2 cm³/mol. The second kappa shape index (κ2) is 7.04. The molecule has 2 nitrogen and oxygen atoms in total. The molecule has 0 saturated carbocycles.